The van der Waals surface area contributed by atoms with Crippen molar-refractivity contribution in [3.05, 3.63) is 0 Å². The smallest absolute Gasteiger partial charge is 0.236 e. The summed E-state index contributed by atoms with van der Waals surface area (Å²) in [6.45, 7) is 1.85. The maximum atomic E-state index is 12.2. The number of nitrogens with one attached hydrogen (secondary N) is 2. The summed E-state index contributed by atoms with van der Waals surface area (Å²) in [6, 6.07) is -1.61. The van der Waals surface area contributed by atoms with Crippen molar-refractivity contribution in [1.82, 2.24) is 15.5 Å². The molecule has 2 amide bonds. The Morgan fingerprint density at radius 3 is 2.60 bits per heavy atom. The van der Waals surface area contributed by atoms with Crippen LogP contribution in [0.1, 0.15) is 26.2 Å². The van der Waals surface area contributed by atoms with E-state index in [9.17, 15) is 14.7 Å². The maximum Gasteiger partial charge on any atom is 0.236 e. The Bertz CT molecular complexity index is 582. The second-order valence-electron chi connectivity index (χ2n) is 8.03. The minimum Gasteiger partial charge on any atom is -0.388 e. The Kier molecular flexibility index (Phi) is 9.41. The molecule has 1 saturated heterocycles. The van der Waals surface area contributed by atoms with E-state index in [1.54, 1.807) is 7.05 Å². The van der Waals surface area contributed by atoms with Gasteiger partial charge >= 0.3 is 0 Å². The van der Waals surface area contributed by atoms with Crippen molar-refractivity contribution in [2.24, 2.45) is 11.5 Å². The van der Waals surface area contributed by atoms with Gasteiger partial charge in [0.1, 0.15) is 12.2 Å². The first-order valence-electron chi connectivity index (χ1n) is 10.4. The van der Waals surface area contributed by atoms with Crippen LogP contribution in [0.2, 0.25) is 0 Å². The van der Waals surface area contributed by atoms with Gasteiger partial charge in [0.2, 0.25) is 11.8 Å². The first kappa shape index (κ1) is 24.9. The SMILES string of the molecule is CNC[C@@H]1CC[C@@H](N)[C@@H](O[C@H]2[C@H](O)[C@H](N(C)C(=O)CN)[C@@H](OC)C[C@H]2NC(C)=O)O1. The fraction of sp³-hybridized carbons (Fsp3) is 0.895. The van der Waals surface area contributed by atoms with Gasteiger partial charge in [-0.2, -0.15) is 0 Å². The molecular weight excluding hydrogens is 394 g/mol. The van der Waals surface area contributed by atoms with Crippen LogP contribution in [0.3, 0.4) is 0 Å². The summed E-state index contributed by atoms with van der Waals surface area (Å²) in [4.78, 5) is 25.4. The molecule has 30 heavy (non-hydrogen) atoms. The van der Waals surface area contributed by atoms with E-state index in [0.29, 0.717) is 19.4 Å². The minimum atomic E-state index is -1.15. The molecular formula is C19H37N5O6. The summed E-state index contributed by atoms with van der Waals surface area (Å²) in [5, 5.41) is 17.1. The number of hydrogen-bond donors (Lipinski definition) is 5. The van der Waals surface area contributed by atoms with Crippen molar-refractivity contribution in [3.63, 3.8) is 0 Å². The Morgan fingerprint density at radius 1 is 1.33 bits per heavy atom. The first-order chi connectivity index (χ1) is 14.2. The van der Waals surface area contributed by atoms with Crippen LogP contribution in [0.25, 0.3) is 0 Å². The van der Waals surface area contributed by atoms with Crippen LogP contribution in [-0.2, 0) is 23.8 Å². The Morgan fingerprint density at radius 2 is 2.03 bits per heavy atom. The van der Waals surface area contributed by atoms with Crippen molar-refractivity contribution in [2.45, 2.75) is 75.0 Å². The van der Waals surface area contributed by atoms with Gasteiger partial charge in [-0.25, -0.2) is 0 Å². The summed E-state index contributed by atoms with van der Waals surface area (Å²) in [6.07, 6.45) is -1.48. The monoisotopic (exact) mass is 431 g/mol. The zero-order valence-corrected chi connectivity index (χ0v) is 18.2. The number of carbonyl (C=O) groups excluding carboxylic acids is 2. The van der Waals surface area contributed by atoms with Crippen LogP contribution in [0.4, 0.5) is 0 Å². The standard InChI is InChI=1S/C19H37N5O6/c1-10(25)23-13-7-14(28-4)16(24(3)15(26)8-20)17(27)18(13)30-19-12(21)6-5-11(29-19)9-22-2/h11-14,16-19,22,27H,5-9,20-21H2,1-4H3,(H,23,25)/t11-,12+,13+,14-,16+,17+,18+,19+/m0/s1. The molecule has 1 saturated carbocycles. The van der Waals surface area contributed by atoms with E-state index in [1.807, 2.05) is 7.05 Å². The molecule has 11 heteroatoms. The van der Waals surface area contributed by atoms with Crippen LogP contribution < -0.4 is 22.1 Å². The van der Waals surface area contributed by atoms with Crippen molar-refractivity contribution < 1.29 is 28.9 Å². The van der Waals surface area contributed by atoms with E-state index < -0.39 is 36.7 Å². The average molecular weight is 432 g/mol. The van der Waals surface area contributed by atoms with Crippen molar-refractivity contribution in [1.29, 1.82) is 0 Å². The number of aliphatic hydroxyl groups excluding tert-OH is 1. The molecule has 2 fully saturated rings. The Hall–Kier alpha value is -1.34. The van der Waals surface area contributed by atoms with Crippen LogP contribution in [0.5, 0.6) is 0 Å². The van der Waals surface area contributed by atoms with Gasteiger partial charge in [0.05, 0.1) is 36.9 Å². The van der Waals surface area contributed by atoms with Gasteiger partial charge in [-0.15, -0.1) is 0 Å². The van der Waals surface area contributed by atoms with Gasteiger partial charge < -0.3 is 46.3 Å². The number of ether oxygens (including phenoxy) is 3. The molecule has 0 aromatic rings. The van der Waals surface area contributed by atoms with Gasteiger partial charge in [-0.3, -0.25) is 9.59 Å². The lowest BCUT2D eigenvalue weighted by Gasteiger charge is -2.48. The van der Waals surface area contributed by atoms with Crippen molar-refractivity contribution in [2.75, 3.05) is 34.3 Å². The normalized spacial score (nSPS) is 36.9. The summed E-state index contributed by atoms with van der Waals surface area (Å²) in [5.41, 5.74) is 11.7. The van der Waals surface area contributed by atoms with E-state index in [1.165, 1.54) is 18.9 Å². The molecule has 0 unspecified atom stereocenters. The molecule has 0 radical (unpaired) electrons. The molecule has 1 heterocycles. The number of carbonyl (C=O) groups is 2. The Labute approximate surface area is 177 Å². The summed E-state index contributed by atoms with van der Waals surface area (Å²) >= 11 is 0. The van der Waals surface area contributed by atoms with E-state index in [4.69, 9.17) is 25.7 Å². The lowest BCUT2D eigenvalue weighted by atomic mass is 9.82. The number of rotatable bonds is 8. The van der Waals surface area contributed by atoms with Gasteiger partial charge in [0.25, 0.3) is 0 Å². The highest BCUT2D eigenvalue weighted by Crippen LogP contribution is 2.31. The molecule has 1 aliphatic heterocycles. The topological polar surface area (TPSA) is 161 Å². The zero-order valence-electron chi connectivity index (χ0n) is 18.2. The highest BCUT2D eigenvalue weighted by atomic mass is 16.7. The lowest BCUT2D eigenvalue weighted by molar-refractivity contribution is -0.256. The van der Waals surface area contributed by atoms with Gasteiger partial charge in [0, 0.05) is 27.6 Å². The van der Waals surface area contributed by atoms with Gasteiger partial charge in [0.15, 0.2) is 6.29 Å². The third-order valence-corrected chi connectivity index (χ3v) is 5.88. The predicted octanol–water partition coefficient (Wildman–Crippen LogP) is -2.51. The molecule has 0 spiro atoms. The minimum absolute atomic E-state index is 0.0660. The number of nitrogens with two attached hydrogens (primary N) is 2. The quantitative estimate of drug-likeness (QED) is 0.279. The third-order valence-electron chi connectivity index (χ3n) is 5.88. The molecule has 1 aliphatic carbocycles. The molecule has 0 aromatic heterocycles. The number of aliphatic hydroxyl groups is 1. The molecule has 2 aliphatic rings. The zero-order chi connectivity index (χ0) is 22.4. The molecule has 2 rings (SSSR count). The summed E-state index contributed by atoms with van der Waals surface area (Å²) < 4.78 is 17.7. The predicted molar refractivity (Wildman–Crippen MR) is 109 cm³/mol. The fourth-order valence-electron chi connectivity index (χ4n) is 4.32. The molecule has 174 valence electrons. The maximum absolute atomic E-state index is 12.2. The number of methoxy groups -OCH3 is 1. The van der Waals surface area contributed by atoms with Crippen LogP contribution >= 0.6 is 0 Å². The third kappa shape index (κ3) is 5.88. The molecule has 0 bridgehead atoms. The van der Waals surface area contributed by atoms with Crippen LogP contribution in [-0.4, -0.2) is 105 Å². The first-order valence-corrected chi connectivity index (χ1v) is 10.4. The number of likely N-dealkylation sites (N-methyl/N-ethyl adjacent to an activating group) is 2. The second kappa shape index (κ2) is 11.3. The fourth-order valence-corrected chi connectivity index (χ4v) is 4.32. The van der Waals surface area contributed by atoms with E-state index in [-0.39, 0.29) is 30.5 Å². The van der Waals surface area contributed by atoms with Crippen molar-refractivity contribution in [3.8, 4) is 0 Å². The number of amides is 2. The molecule has 7 N–H and O–H groups in total. The largest absolute Gasteiger partial charge is 0.388 e. The summed E-state index contributed by atoms with van der Waals surface area (Å²) in [5.74, 6) is -0.597. The van der Waals surface area contributed by atoms with Crippen LogP contribution in [0.15, 0.2) is 0 Å². The Balaban J connectivity index is 2.26. The van der Waals surface area contributed by atoms with Gasteiger partial charge in [-0.05, 0) is 26.3 Å². The van der Waals surface area contributed by atoms with Crippen LogP contribution in [0, 0.1) is 0 Å². The van der Waals surface area contributed by atoms with Gasteiger partial charge in [-0.1, -0.05) is 0 Å². The number of nitrogens with zero attached hydrogens (tertiary/aromatic N) is 1. The highest BCUT2D eigenvalue weighted by molar-refractivity contribution is 5.78. The molecule has 0 aromatic carbocycles. The van der Waals surface area contributed by atoms with E-state index in [0.717, 1.165) is 6.42 Å². The average Bonchev–Trinajstić information content (AvgIpc) is 2.71. The highest BCUT2D eigenvalue weighted by Gasteiger charge is 2.49. The molecule has 8 atom stereocenters. The summed E-state index contributed by atoms with van der Waals surface area (Å²) in [7, 11) is 4.90. The van der Waals surface area contributed by atoms with E-state index >= 15 is 0 Å². The second-order valence-corrected chi connectivity index (χ2v) is 8.03. The lowest BCUT2D eigenvalue weighted by Crippen LogP contribution is -2.68. The van der Waals surface area contributed by atoms with Crippen molar-refractivity contribution >= 4 is 11.8 Å². The molecule has 11 nitrogen and oxygen atoms in total. The van der Waals surface area contributed by atoms with E-state index in [2.05, 4.69) is 10.6 Å². The number of hydrogen-bond acceptors (Lipinski definition) is 9.